The number of para-hydroxylation sites is 2. The molecule has 0 radical (unpaired) electrons. The van der Waals surface area contributed by atoms with Crippen molar-refractivity contribution in [2.24, 2.45) is 11.3 Å². The molecule has 1 saturated heterocycles. The number of likely N-dealkylation sites (tertiary alicyclic amines) is 1. The van der Waals surface area contributed by atoms with Crippen LogP contribution in [-0.4, -0.2) is 54.8 Å². The Morgan fingerprint density at radius 2 is 1.92 bits per heavy atom. The Labute approximate surface area is 150 Å². The molecule has 5 heteroatoms. The highest BCUT2D eigenvalue weighted by molar-refractivity contribution is 5.81. The van der Waals surface area contributed by atoms with Gasteiger partial charge in [0.25, 0.3) is 0 Å². The fourth-order valence-corrected chi connectivity index (χ4v) is 3.75. The van der Waals surface area contributed by atoms with Crippen LogP contribution in [0, 0.1) is 11.3 Å². The lowest BCUT2D eigenvalue weighted by atomic mass is 9.90. The molecule has 1 N–H and O–H groups in total. The number of piperidine rings is 1. The van der Waals surface area contributed by atoms with Gasteiger partial charge in [-0.25, -0.2) is 0 Å². The normalized spacial score (nSPS) is 21.7. The van der Waals surface area contributed by atoms with Gasteiger partial charge in [0.2, 0.25) is 5.91 Å². The molecule has 1 atom stereocenters. The number of aliphatic hydroxyl groups is 1. The van der Waals surface area contributed by atoms with Crippen LogP contribution >= 0.6 is 0 Å². The zero-order valence-corrected chi connectivity index (χ0v) is 15.6. The first-order chi connectivity index (χ1) is 11.9. The van der Waals surface area contributed by atoms with Gasteiger partial charge in [-0.3, -0.25) is 4.79 Å². The van der Waals surface area contributed by atoms with E-state index in [0.717, 1.165) is 43.9 Å². The molecule has 25 heavy (non-hydrogen) atoms. The molecule has 0 bridgehead atoms. The Morgan fingerprint density at radius 3 is 2.56 bits per heavy atom. The van der Waals surface area contributed by atoms with Gasteiger partial charge in [-0.2, -0.15) is 0 Å². The summed E-state index contributed by atoms with van der Waals surface area (Å²) in [7, 11) is 0. The van der Waals surface area contributed by atoms with Gasteiger partial charge in [0.1, 0.15) is 11.9 Å². The Balaban J connectivity index is 1.61. The number of aliphatic hydroxyl groups excluding tert-OH is 1. The highest BCUT2D eigenvalue weighted by Gasteiger charge is 2.32. The zero-order chi connectivity index (χ0) is 18.0. The van der Waals surface area contributed by atoms with E-state index < -0.39 is 0 Å². The van der Waals surface area contributed by atoms with Gasteiger partial charge in [0, 0.05) is 25.0 Å². The first kappa shape index (κ1) is 18.1. The van der Waals surface area contributed by atoms with Crippen LogP contribution in [0.5, 0.6) is 5.75 Å². The van der Waals surface area contributed by atoms with Crippen molar-refractivity contribution in [1.29, 1.82) is 0 Å². The first-order valence-electron chi connectivity index (χ1n) is 9.29. The maximum Gasteiger partial charge on any atom is 0.227 e. The molecule has 2 heterocycles. The van der Waals surface area contributed by atoms with Gasteiger partial charge in [0.05, 0.1) is 18.8 Å². The third-order valence-corrected chi connectivity index (χ3v) is 5.15. The minimum absolute atomic E-state index is 0.0311. The Bertz CT molecular complexity index is 603. The second kappa shape index (κ2) is 7.24. The summed E-state index contributed by atoms with van der Waals surface area (Å²) in [6, 6.07) is 8.04. The predicted molar refractivity (Wildman–Crippen MR) is 98.9 cm³/mol. The van der Waals surface area contributed by atoms with E-state index in [1.807, 2.05) is 43.9 Å². The number of amides is 1. The van der Waals surface area contributed by atoms with Crippen molar-refractivity contribution in [3.8, 4) is 5.75 Å². The van der Waals surface area contributed by atoms with Crippen molar-refractivity contribution in [3.63, 3.8) is 0 Å². The summed E-state index contributed by atoms with van der Waals surface area (Å²) in [6.45, 7) is 9.35. The van der Waals surface area contributed by atoms with Crippen LogP contribution in [-0.2, 0) is 4.79 Å². The smallest absolute Gasteiger partial charge is 0.227 e. The number of rotatable bonds is 3. The third kappa shape index (κ3) is 4.09. The van der Waals surface area contributed by atoms with E-state index in [2.05, 4.69) is 11.0 Å². The summed E-state index contributed by atoms with van der Waals surface area (Å²) >= 11 is 0. The van der Waals surface area contributed by atoms with Gasteiger partial charge >= 0.3 is 0 Å². The molecule has 2 aliphatic heterocycles. The fourth-order valence-electron chi connectivity index (χ4n) is 3.75. The summed E-state index contributed by atoms with van der Waals surface area (Å²) in [6.07, 6.45) is 1.90. The standard InChI is InChI=1S/C20H30N2O3/c1-20(2,3)19(24)21-10-8-15(9-11-21)12-22-13-16(14-23)25-18-7-5-4-6-17(18)22/h4-7,15-16,23H,8-14H2,1-3H3. The molecule has 1 amide bonds. The van der Waals surface area contributed by atoms with Crippen LogP contribution in [0.25, 0.3) is 0 Å². The molecule has 1 aromatic rings. The Hall–Kier alpha value is -1.75. The van der Waals surface area contributed by atoms with E-state index in [0.29, 0.717) is 12.5 Å². The molecule has 1 aromatic carbocycles. The van der Waals surface area contributed by atoms with Crippen molar-refractivity contribution >= 4 is 11.6 Å². The van der Waals surface area contributed by atoms with Gasteiger partial charge in [0.15, 0.2) is 0 Å². The highest BCUT2D eigenvalue weighted by atomic mass is 16.5. The largest absolute Gasteiger partial charge is 0.484 e. The number of anilines is 1. The Kier molecular flexibility index (Phi) is 5.23. The molecular formula is C20H30N2O3. The summed E-state index contributed by atoms with van der Waals surface area (Å²) in [5.74, 6) is 1.67. The second-order valence-corrected chi connectivity index (χ2v) is 8.28. The number of hydrogen-bond donors (Lipinski definition) is 1. The van der Waals surface area contributed by atoms with Crippen molar-refractivity contribution in [2.75, 3.05) is 37.7 Å². The van der Waals surface area contributed by atoms with Crippen molar-refractivity contribution in [3.05, 3.63) is 24.3 Å². The zero-order valence-electron chi connectivity index (χ0n) is 15.6. The van der Waals surface area contributed by atoms with Gasteiger partial charge < -0.3 is 19.6 Å². The SMILES string of the molecule is CC(C)(C)C(=O)N1CCC(CN2CC(CO)Oc3ccccc32)CC1. The molecular weight excluding hydrogens is 316 g/mol. The van der Waals surface area contributed by atoms with Crippen LogP contribution < -0.4 is 9.64 Å². The van der Waals surface area contributed by atoms with Crippen LogP contribution in [0.15, 0.2) is 24.3 Å². The van der Waals surface area contributed by atoms with Crippen molar-refractivity contribution in [1.82, 2.24) is 4.90 Å². The van der Waals surface area contributed by atoms with E-state index in [4.69, 9.17) is 4.74 Å². The number of nitrogens with zero attached hydrogens (tertiary/aromatic N) is 2. The molecule has 1 unspecified atom stereocenters. The number of fused-ring (bicyclic) bond motifs is 1. The Morgan fingerprint density at radius 1 is 1.24 bits per heavy atom. The lowest BCUT2D eigenvalue weighted by molar-refractivity contribution is -0.140. The summed E-state index contributed by atoms with van der Waals surface area (Å²) in [4.78, 5) is 16.8. The summed E-state index contributed by atoms with van der Waals surface area (Å²) in [5, 5.41) is 9.52. The van der Waals surface area contributed by atoms with Gasteiger partial charge in [-0.1, -0.05) is 32.9 Å². The second-order valence-electron chi connectivity index (χ2n) is 8.28. The van der Waals surface area contributed by atoms with Gasteiger partial charge in [-0.05, 0) is 30.9 Å². The maximum atomic E-state index is 12.4. The van der Waals surface area contributed by atoms with Crippen LogP contribution in [0.4, 0.5) is 5.69 Å². The quantitative estimate of drug-likeness (QED) is 0.914. The number of benzene rings is 1. The lowest BCUT2D eigenvalue weighted by Gasteiger charge is -2.40. The average molecular weight is 346 g/mol. The number of ether oxygens (including phenoxy) is 1. The monoisotopic (exact) mass is 346 g/mol. The number of hydrogen-bond acceptors (Lipinski definition) is 4. The van der Waals surface area contributed by atoms with E-state index >= 15 is 0 Å². The third-order valence-electron chi connectivity index (χ3n) is 5.15. The van der Waals surface area contributed by atoms with E-state index in [1.54, 1.807) is 0 Å². The molecule has 0 aliphatic carbocycles. The van der Waals surface area contributed by atoms with Crippen molar-refractivity contribution in [2.45, 2.75) is 39.7 Å². The molecule has 0 saturated carbocycles. The molecule has 2 aliphatic rings. The molecule has 138 valence electrons. The molecule has 5 nitrogen and oxygen atoms in total. The fraction of sp³-hybridized carbons (Fsp3) is 0.650. The summed E-state index contributed by atoms with van der Waals surface area (Å²) in [5.41, 5.74) is 0.810. The molecule has 0 spiro atoms. The van der Waals surface area contributed by atoms with Crippen molar-refractivity contribution < 1.29 is 14.6 Å². The highest BCUT2D eigenvalue weighted by Crippen LogP contribution is 2.34. The number of carbonyl (C=O) groups excluding carboxylic acids is 1. The topological polar surface area (TPSA) is 53.0 Å². The van der Waals surface area contributed by atoms with Crippen LogP contribution in [0.3, 0.4) is 0 Å². The minimum Gasteiger partial charge on any atom is -0.484 e. The average Bonchev–Trinajstić information content (AvgIpc) is 2.61. The van der Waals surface area contributed by atoms with E-state index in [1.165, 1.54) is 0 Å². The lowest BCUT2D eigenvalue weighted by Crippen LogP contribution is -2.48. The maximum absolute atomic E-state index is 12.4. The molecule has 3 rings (SSSR count). The van der Waals surface area contributed by atoms with E-state index in [-0.39, 0.29) is 24.0 Å². The van der Waals surface area contributed by atoms with Crippen LogP contribution in [0.2, 0.25) is 0 Å². The van der Waals surface area contributed by atoms with Crippen LogP contribution in [0.1, 0.15) is 33.6 Å². The first-order valence-corrected chi connectivity index (χ1v) is 9.29. The van der Waals surface area contributed by atoms with Gasteiger partial charge in [-0.15, -0.1) is 0 Å². The summed E-state index contributed by atoms with van der Waals surface area (Å²) < 4.78 is 5.84. The number of carbonyl (C=O) groups is 1. The minimum atomic E-state index is -0.301. The molecule has 0 aromatic heterocycles. The molecule has 1 fully saturated rings. The predicted octanol–water partition coefficient (Wildman–Crippen LogP) is 2.53. The van der Waals surface area contributed by atoms with E-state index in [9.17, 15) is 9.90 Å².